The van der Waals surface area contributed by atoms with Gasteiger partial charge in [-0.2, -0.15) is 0 Å². The van der Waals surface area contributed by atoms with Crippen LogP contribution >= 0.6 is 0 Å². The normalized spacial score (nSPS) is 8.45. The highest BCUT2D eigenvalue weighted by molar-refractivity contribution is 5.73. The molecule has 0 radical (unpaired) electrons. The van der Waals surface area contributed by atoms with Crippen molar-refractivity contribution in [2.24, 2.45) is 11.6 Å². The summed E-state index contributed by atoms with van der Waals surface area (Å²) in [6.45, 7) is 0.564. The quantitative estimate of drug-likeness (QED) is 0.140. The van der Waals surface area contributed by atoms with Crippen LogP contribution in [0.1, 0.15) is 0 Å². The van der Waals surface area contributed by atoms with Gasteiger partial charge in [-0.25, -0.2) is 15.4 Å². The minimum absolute atomic E-state index is 0.281. The van der Waals surface area contributed by atoms with E-state index < -0.39 is 12.1 Å². The van der Waals surface area contributed by atoms with E-state index in [4.69, 9.17) is 11.6 Å². The minimum atomic E-state index is -0.625. The molecule has 0 spiro atoms. The second-order valence-electron chi connectivity index (χ2n) is 1.69. The largest absolute Gasteiger partial charge is 0.352 e. The van der Waals surface area contributed by atoms with Gasteiger partial charge in [0, 0.05) is 13.1 Å². The molecule has 4 amide bonds. The Morgan fingerprint density at radius 3 is 2.18 bits per heavy atom. The van der Waals surface area contributed by atoms with Gasteiger partial charge in [0.25, 0.3) is 0 Å². The number of hydrazine groups is 1. The van der Waals surface area contributed by atoms with Gasteiger partial charge in [-0.05, 0) is 0 Å². The van der Waals surface area contributed by atoms with E-state index in [0.29, 0.717) is 0 Å². The van der Waals surface area contributed by atoms with Gasteiger partial charge in [-0.15, -0.1) is 0 Å². The van der Waals surface area contributed by atoms with E-state index in [1.54, 1.807) is 0 Å². The summed E-state index contributed by atoms with van der Waals surface area (Å²) in [4.78, 5) is 20.4. The summed E-state index contributed by atoms with van der Waals surface area (Å²) in [7, 11) is 0. The van der Waals surface area contributed by atoms with Crippen LogP contribution in [0.2, 0.25) is 0 Å². The average Bonchev–Trinajstić information content (AvgIpc) is 1.97. The third-order valence-corrected chi connectivity index (χ3v) is 0.841. The SMILES string of the molecule is NNC(=O)NCCNC(N)=O. The predicted octanol–water partition coefficient (Wildman–Crippen LogP) is -2.17. The topological polar surface area (TPSA) is 122 Å². The lowest BCUT2D eigenvalue weighted by Gasteiger charge is -2.03. The lowest BCUT2D eigenvalue weighted by atomic mass is 10.6. The first kappa shape index (κ1) is 9.50. The van der Waals surface area contributed by atoms with Gasteiger partial charge in [0.2, 0.25) is 0 Å². The molecule has 0 saturated heterocycles. The Balaban J connectivity index is 3.14. The van der Waals surface area contributed by atoms with Gasteiger partial charge >= 0.3 is 12.1 Å². The maximum atomic E-state index is 10.4. The van der Waals surface area contributed by atoms with Crippen LogP contribution in [0.5, 0.6) is 0 Å². The Morgan fingerprint density at radius 1 is 1.18 bits per heavy atom. The van der Waals surface area contributed by atoms with E-state index in [9.17, 15) is 9.59 Å². The molecule has 0 atom stereocenters. The molecule has 0 unspecified atom stereocenters. The summed E-state index contributed by atoms with van der Waals surface area (Å²) in [5, 5.41) is 4.62. The van der Waals surface area contributed by atoms with Crippen LogP contribution < -0.4 is 27.6 Å². The Bertz CT molecular complexity index is 147. The highest BCUT2D eigenvalue weighted by atomic mass is 16.2. The fourth-order valence-electron chi connectivity index (χ4n) is 0.413. The lowest BCUT2D eigenvalue weighted by molar-refractivity contribution is 0.239. The first-order valence-corrected chi connectivity index (χ1v) is 2.94. The predicted molar refractivity (Wildman–Crippen MR) is 38.3 cm³/mol. The highest BCUT2D eigenvalue weighted by Crippen LogP contribution is 1.60. The van der Waals surface area contributed by atoms with Crippen molar-refractivity contribution < 1.29 is 9.59 Å². The first-order chi connectivity index (χ1) is 5.16. The van der Waals surface area contributed by atoms with Crippen LogP contribution in [-0.2, 0) is 0 Å². The zero-order valence-electron chi connectivity index (χ0n) is 5.89. The van der Waals surface area contributed by atoms with Crippen molar-refractivity contribution in [1.82, 2.24) is 16.1 Å². The number of nitrogens with two attached hydrogens (primary N) is 2. The monoisotopic (exact) mass is 161 g/mol. The van der Waals surface area contributed by atoms with Crippen molar-refractivity contribution in [1.29, 1.82) is 0 Å². The summed E-state index contributed by atoms with van der Waals surface area (Å²) in [5.74, 6) is 4.74. The van der Waals surface area contributed by atoms with Crippen LogP contribution in [0.25, 0.3) is 0 Å². The molecule has 7 heteroatoms. The van der Waals surface area contributed by atoms with Crippen LogP contribution in [0.4, 0.5) is 9.59 Å². The van der Waals surface area contributed by atoms with E-state index >= 15 is 0 Å². The molecule has 0 bridgehead atoms. The molecule has 0 heterocycles. The number of primary amides is 1. The number of carbonyl (C=O) groups is 2. The van der Waals surface area contributed by atoms with Crippen LogP contribution in [-0.4, -0.2) is 25.2 Å². The number of urea groups is 2. The molecule has 0 rings (SSSR count). The van der Waals surface area contributed by atoms with Crippen LogP contribution in [0, 0.1) is 0 Å². The molecule has 64 valence electrons. The number of carbonyl (C=O) groups excluding carboxylic acids is 2. The number of hydrogen-bond acceptors (Lipinski definition) is 3. The molecule has 0 aromatic heterocycles. The molecule has 0 aliphatic carbocycles. The smallest absolute Gasteiger partial charge is 0.328 e. The molecule has 0 aromatic carbocycles. The Morgan fingerprint density at radius 2 is 1.73 bits per heavy atom. The summed E-state index contributed by atoms with van der Waals surface area (Å²) in [6.07, 6.45) is 0. The van der Waals surface area contributed by atoms with E-state index in [1.165, 1.54) is 0 Å². The van der Waals surface area contributed by atoms with Crippen molar-refractivity contribution in [3.63, 3.8) is 0 Å². The molecule has 11 heavy (non-hydrogen) atoms. The molecular formula is C4H11N5O2. The number of nitrogens with one attached hydrogen (secondary N) is 3. The molecule has 0 aliphatic rings. The fourth-order valence-corrected chi connectivity index (χ4v) is 0.413. The number of hydrogen-bond donors (Lipinski definition) is 5. The maximum Gasteiger partial charge on any atom is 0.328 e. The second kappa shape index (κ2) is 5.30. The Labute approximate surface area is 63.5 Å². The molecule has 0 saturated carbocycles. The number of rotatable bonds is 3. The summed E-state index contributed by atoms with van der Waals surface area (Å²) >= 11 is 0. The summed E-state index contributed by atoms with van der Waals surface area (Å²) in [5.41, 5.74) is 6.60. The highest BCUT2D eigenvalue weighted by Gasteiger charge is 1.94. The van der Waals surface area contributed by atoms with Gasteiger partial charge < -0.3 is 16.4 Å². The maximum absolute atomic E-state index is 10.4. The first-order valence-electron chi connectivity index (χ1n) is 2.94. The Hall–Kier alpha value is -1.50. The van der Waals surface area contributed by atoms with Crippen LogP contribution in [0.15, 0.2) is 0 Å². The molecule has 0 aliphatic heterocycles. The summed E-state index contributed by atoms with van der Waals surface area (Å²) in [6, 6.07) is -1.13. The van der Waals surface area contributed by atoms with Gasteiger partial charge in [0.05, 0.1) is 0 Å². The van der Waals surface area contributed by atoms with Crippen molar-refractivity contribution >= 4 is 12.1 Å². The van der Waals surface area contributed by atoms with Gasteiger partial charge in [-0.1, -0.05) is 0 Å². The van der Waals surface area contributed by atoms with Crippen LogP contribution in [0.3, 0.4) is 0 Å². The average molecular weight is 161 g/mol. The van der Waals surface area contributed by atoms with Gasteiger partial charge in [0.15, 0.2) is 0 Å². The summed E-state index contributed by atoms with van der Waals surface area (Å²) < 4.78 is 0. The lowest BCUT2D eigenvalue weighted by Crippen LogP contribution is -2.43. The standard InChI is InChI=1S/C4H11N5O2/c5-3(10)7-1-2-8-4(11)9-6/h1-2,6H2,(H3,5,7,10)(H2,8,9,11). The molecular weight excluding hydrogens is 150 g/mol. The third-order valence-electron chi connectivity index (χ3n) is 0.841. The van der Waals surface area contributed by atoms with E-state index in [-0.39, 0.29) is 13.1 Å². The van der Waals surface area contributed by atoms with E-state index in [2.05, 4.69) is 10.6 Å². The molecule has 7 nitrogen and oxygen atoms in total. The minimum Gasteiger partial charge on any atom is -0.352 e. The molecule has 0 fully saturated rings. The fraction of sp³-hybridized carbons (Fsp3) is 0.500. The molecule has 0 aromatic rings. The zero-order chi connectivity index (χ0) is 8.69. The van der Waals surface area contributed by atoms with Crippen molar-refractivity contribution in [2.75, 3.05) is 13.1 Å². The van der Waals surface area contributed by atoms with Crippen molar-refractivity contribution in [3.8, 4) is 0 Å². The van der Waals surface area contributed by atoms with Crippen molar-refractivity contribution in [3.05, 3.63) is 0 Å². The third kappa shape index (κ3) is 6.38. The van der Waals surface area contributed by atoms with Gasteiger partial charge in [0.1, 0.15) is 0 Å². The second-order valence-corrected chi connectivity index (χ2v) is 1.69. The zero-order valence-corrected chi connectivity index (χ0v) is 5.89. The van der Waals surface area contributed by atoms with E-state index in [1.807, 2.05) is 5.43 Å². The van der Waals surface area contributed by atoms with Crippen molar-refractivity contribution in [2.45, 2.75) is 0 Å². The molecule has 7 N–H and O–H groups in total. The Kier molecular flexibility index (Phi) is 4.58. The number of amides is 4. The van der Waals surface area contributed by atoms with E-state index in [0.717, 1.165) is 0 Å². The van der Waals surface area contributed by atoms with Gasteiger partial charge in [-0.3, -0.25) is 5.43 Å².